The van der Waals surface area contributed by atoms with Gasteiger partial charge in [0.15, 0.2) is 0 Å². The molecule has 1 amide bonds. The van der Waals surface area contributed by atoms with E-state index in [-0.39, 0.29) is 18.1 Å². The van der Waals surface area contributed by atoms with Gasteiger partial charge in [-0.1, -0.05) is 44.2 Å². The molecule has 3 atom stereocenters. The molecule has 0 spiro atoms. The Bertz CT molecular complexity index is 1410. The van der Waals surface area contributed by atoms with Gasteiger partial charge in [-0.05, 0) is 57.3 Å². The zero-order valence-corrected chi connectivity index (χ0v) is 21.5. The molecule has 2 aromatic rings. The third-order valence-electron chi connectivity index (χ3n) is 7.74. The van der Waals surface area contributed by atoms with Crippen LogP contribution in [-0.4, -0.2) is 50.1 Å². The summed E-state index contributed by atoms with van der Waals surface area (Å²) in [7, 11) is 0. The first-order chi connectivity index (χ1) is 21.1. The zero-order valence-electron chi connectivity index (χ0n) is 30.5. The van der Waals surface area contributed by atoms with E-state index in [2.05, 4.69) is 25.0 Å². The highest BCUT2D eigenvalue weighted by Gasteiger charge is 2.42. The van der Waals surface area contributed by atoms with Crippen molar-refractivity contribution in [1.29, 1.82) is 0 Å². The number of nitrogens with one attached hydrogen (secondary N) is 1. The molecular formula is C29H41F2N5O. The summed E-state index contributed by atoms with van der Waals surface area (Å²) in [5, 5.41) is 11.1. The first kappa shape index (κ1) is 17.3. The molecule has 6 nitrogen and oxygen atoms in total. The van der Waals surface area contributed by atoms with Crippen LogP contribution in [0.4, 0.5) is 8.78 Å². The highest BCUT2D eigenvalue weighted by atomic mass is 19.3. The summed E-state index contributed by atoms with van der Waals surface area (Å²) in [6, 6.07) is 8.37. The van der Waals surface area contributed by atoms with E-state index in [0.29, 0.717) is 24.4 Å². The lowest BCUT2D eigenvalue weighted by molar-refractivity contribution is -0.130. The van der Waals surface area contributed by atoms with Crippen molar-refractivity contribution < 1.29 is 25.9 Å². The molecule has 1 aromatic heterocycles. The van der Waals surface area contributed by atoms with Crippen LogP contribution in [0.3, 0.4) is 0 Å². The van der Waals surface area contributed by atoms with Gasteiger partial charge >= 0.3 is 0 Å². The van der Waals surface area contributed by atoms with Gasteiger partial charge in [-0.25, -0.2) is 8.78 Å². The molecule has 1 saturated carbocycles. The number of aryl methyl sites for hydroxylation is 1. The number of benzene rings is 1. The number of piperidine rings is 1. The minimum absolute atomic E-state index is 0.118. The van der Waals surface area contributed by atoms with Crippen LogP contribution in [0.2, 0.25) is 0 Å². The van der Waals surface area contributed by atoms with Crippen LogP contribution in [0.5, 0.6) is 0 Å². The number of nitrogens with zero attached hydrogens (tertiary/aromatic N) is 4. The van der Waals surface area contributed by atoms with Crippen LogP contribution in [0.25, 0.3) is 0 Å². The maximum absolute atomic E-state index is 15.0. The fraction of sp³-hybridized carbons (Fsp3) is 0.690. The van der Waals surface area contributed by atoms with Gasteiger partial charge in [0.25, 0.3) is 0 Å². The largest absolute Gasteiger partial charge is 0.349 e. The summed E-state index contributed by atoms with van der Waals surface area (Å²) < 4.78 is 105. The molecule has 2 aliphatic heterocycles. The second-order valence-electron chi connectivity index (χ2n) is 10.5. The lowest BCUT2D eigenvalue weighted by Crippen LogP contribution is -2.45. The summed E-state index contributed by atoms with van der Waals surface area (Å²) in [6.45, 7) is 5.96. The maximum Gasteiger partial charge on any atom is 0.248 e. The van der Waals surface area contributed by atoms with Gasteiger partial charge in [0.05, 0.1) is 6.04 Å². The highest BCUT2D eigenvalue weighted by molar-refractivity contribution is 5.79. The SMILES string of the molecule is [2H]C(C)(C)c1nnc(C)n1C1CC2CCC(C1)N2CCC(NC(=O)C1C([2H])([2H])C([2H])([2H])C(F)(F)C([2H])([2H])C1([2H])[2H])c1ccccc1. The van der Waals surface area contributed by atoms with E-state index in [1.54, 1.807) is 44.2 Å². The second kappa shape index (κ2) is 10.8. The molecule has 1 aliphatic carbocycles. The molecule has 3 aliphatic rings. The standard InChI is InChI=1S/C29H41F2N5O/c1-19(2)27-34-33-20(3)36(27)25-17-23-9-10-24(18-25)35(23)16-13-26(21-7-5-4-6-8-21)32-28(37)22-11-14-29(30,31)15-12-22/h4-8,19,22-26H,9-18H2,1-3H3,(H,32,37)/i11D2,12D2,14D2,15D2,19D. The fourth-order valence-corrected chi connectivity index (χ4v) is 6.03. The van der Waals surface area contributed by atoms with Crippen LogP contribution in [-0.2, 0) is 4.79 Å². The molecule has 1 N–H and O–H groups in total. The number of fused-ring (bicyclic) bond motifs is 2. The first-order valence-corrected chi connectivity index (χ1v) is 13.0. The predicted octanol–water partition coefficient (Wildman–Crippen LogP) is 5.95. The number of halogens is 2. The van der Waals surface area contributed by atoms with Gasteiger partial charge < -0.3 is 9.88 Å². The van der Waals surface area contributed by atoms with Crippen LogP contribution in [0, 0.1) is 12.8 Å². The summed E-state index contributed by atoms with van der Waals surface area (Å²) in [5.41, 5.74) is 0.605. The Hall–Kier alpha value is -2.35. The second-order valence-corrected chi connectivity index (χ2v) is 10.5. The van der Waals surface area contributed by atoms with Gasteiger partial charge in [-0.2, -0.15) is 0 Å². The Balaban J connectivity index is 1.37. The van der Waals surface area contributed by atoms with Crippen molar-refractivity contribution in [2.24, 2.45) is 5.92 Å². The number of rotatable bonds is 8. The Morgan fingerprint density at radius 2 is 1.78 bits per heavy atom. The Kier molecular flexibility index (Phi) is 5.04. The average molecular weight is 523 g/mol. The van der Waals surface area contributed by atoms with E-state index >= 15 is 0 Å². The molecule has 3 unspecified atom stereocenters. The van der Waals surface area contributed by atoms with E-state index in [1.165, 1.54) is 0 Å². The molecular weight excluding hydrogens is 472 g/mol. The van der Waals surface area contributed by atoms with Crippen molar-refractivity contribution in [2.75, 3.05) is 6.54 Å². The number of amides is 1. The van der Waals surface area contributed by atoms with Gasteiger partial charge in [-0.15, -0.1) is 10.2 Å². The molecule has 2 bridgehead atoms. The van der Waals surface area contributed by atoms with Gasteiger partial charge in [-0.3, -0.25) is 9.69 Å². The highest BCUT2D eigenvalue weighted by Crippen LogP contribution is 2.42. The average Bonchev–Trinajstić information content (AvgIpc) is 3.45. The van der Waals surface area contributed by atoms with Crippen molar-refractivity contribution in [3.63, 3.8) is 0 Å². The van der Waals surface area contributed by atoms with Crippen LogP contribution >= 0.6 is 0 Å². The summed E-state index contributed by atoms with van der Waals surface area (Å²) in [4.78, 5) is 16.1. The van der Waals surface area contributed by atoms with Crippen molar-refractivity contribution in [3.05, 3.63) is 47.5 Å². The third-order valence-corrected chi connectivity index (χ3v) is 7.74. The topological polar surface area (TPSA) is 63.1 Å². The number of hydrogen-bond donors (Lipinski definition) is 1. The van der Waals surface area contributed by atoms with E-state index in [4.69, 9.17) is 12.3 Å². The van der Waals surface area contributed by atoms with Crippen LogP contribution < -0.4 is 5.32 Å². The normalized spacial score (nSPS) is 36.2. The molecule has 3 fully saturated rings. The Labute approximate surface area is 231 Å². The minimum Gasteiger partial charge on any atom is -0.349 e. The van der Waals surface area contributed by atoms with Gasteiger partial charge in [0, 0.05) is 61.6 Å². The minimum atomic E-state index is -5.06. The molecule has 0 radical (unpaired) electrons. The zero-order chi connectivity index (χ0) is 34.3. The van der Waals surface area contributed by atoms with Crippen molar-refractivity contribution in [1.82, 2.24) is 25.0 Å². The Morgan fingerprint density at radius 1 is 1.14 bits per heavy atom. The maximum atomic E-state index is 15.0. The molecule has 37 heavy (non-hydrogen) atoms. The lowest BCUT2D eigenvalue weighted by atomic mass is 9.86. The third kappa shape index (κ3) is 5.74. The lowest BCUT2D eigenvalue weighted by Gasteiger charge is -2.40. The van der Waals surface area contributed by atoms with E-state index < -0.39 is 55.2 Å². The smallest absolute Gasteiger partial charge is 0.248 e. The van der Waals surface area contributed by atoms with Crippen LogP contribution in [0.15, 0.2) is 30.3 Å². The summed E-state index contributed by atoms with van der Waals surface area (Å²) in [6.07, 6.45) is -12.0. The number of alkyl halides is 2. The first-order valence-electron chi connectivity index (χ1n) is 17.5. The number of hydrogen-bond acceptors (Lipinski definition) is 4. The van der Waals surface area contributed by atoms with Crippen molar-refractivity contribution in [2.45, 2.75) is 114 Å². The van der Waals surface area contributed by atoms with E-state index in [9.17, 15) is 13.6 Å². The number of carbonyl (C=O) groups is 1. The fourth-order valence-electron chi connectivity index (χ4n) is 6.03. The van der Waals surface area contributed by atoms with Gasteiger partial charge in [0.1, 0.15) is 11.6 Å². The van der Waals surface area contributed by atoms with Crippen molar-refractivity contribution in [3.8, 4) is 0 Å². The molecule has 8 heteroatoms. The van der Waals surface area contributed by atoms with Gasteiger partial charge in [0.2, 0.25) is 11.8 Å². The molecule has 1 aromatic carbocycles. The van der Waals surface area contributed by atoms with Crippen molar-refractivity contribution >= 4 is 5.91 Å². The summed E-state index contributed by atoms with van der Waals surface area (Å²) in [5.74, 6) is -8.68. The number of carbonyl (C=O) groups excluding carboxylic acids is 1. The van der Waals surface area contributed by atoms with Crippen LogP contribution in [0.1, 0.15) is 119 Å². The molecule has 3 heterocycles. The quantitative estimate of drug-likeness (QED) is 0.465. The summed E-state index contributed by atoms with van der Waals surface area (Å²) >= 11 is 0. The van der Waals surface area contributed by atoms with E-state index in [1.807, 2.05) is 6.92 Å². The predicted molar refractivity (Wildman–Crippen MR) is 139 cm³/mol. The van der Waals surface area contributed by atoms with E-state index in [0.717, 1.165) is 31.5 Å². The number of aromatic nitrogens is 3. The monoisotopic (exact) mass is 522 g/mol. The molecule has 202 valence electrons. The molecule has 2 saturated heterocycles. The molecule has 5 rings (SSSR count). The Morgan fingerprint density at radius 3 is 2.41 bits per heavy atom.